The Morgan fingerprint density at radius 1 is 1.03 bits per heavy atom. The first-order valence-electron chi connectivity index (χ1n) is 9.94. The van der Waals surface area contributed by atoms with Crippen LogP contribution in [0.5, 0.6) is 0 Å². The topological polar surface area (TPSA) is 95.6 Å². The zero-order chi connectivity index (χ0) is 21.9. The van der Waals surface area contributed by atoms with Crippen molar-refractivity contribution >= 4 is 27.5 Å². The molecule has 1 heterocycles. The molecule has 8 heteroatoms. The number of hydrogen-bond donors (Lipinski definition) is 2. The predicted octanol–water partition coefficient (Wildman–Crippen LogP) is 2.52. The van der Waals surface area contributed by atoms with Crippen molar-refractivity contribution in [2.45, 2.75) is 44.6 Å². The zero-order valence-corrected chi connectivity index (χ0v) is 18.3. The second-order valence-corrected chi connectivity index (χ2v) is 9.53. The van der Waals surface area contributed by atoms with Gasteiger partial charge in [0.05, 0.1) is 4.90 Å². The molecule has 0 aliphatic carbocycles. The first-order valence-corrected chi connectivity index (χ1v) is 11.4. The summed E-state index contributed by atoms with van der Waals surface area (Å²) in [7, 11) is -3.65. The highest BCUT2D eigenvalue weighted by Gasteiger charge is 2.35. The second-order valence-electron chi connectivity index (χ2n) is 7.64. The van der Waals surface area contributed by atoms with Crippen LogP contribution >= 0.6 is 0 Å². The highest BCUT2D eigenvalue weighted by Crippen LogP contribution is 2.26. The molecule has 3 rings (SSSR count). The number of anilines is 1. The number of carbonyl (C=O) groups excluding carboxylic acids is 2. The molecule has 0 aromatic heterocycles. The van der Waals surface area contributed by atoms with Gasteiger partial charge in [0.1, 0.15) is 0 Å². The largest absolute Gasteiger partial charge is 0.346 e. The molecule has 0 radical (unpaired) electrons. The van der Waals surface area contributed by atoms with E-state index in [4.69, 9.17) is 0 Å². The molecule has 1 atom stereocenters. The Morgan fingerprint density at radius 3 is 2.43 bits per heavy atom. The van der Waals surface area contributed by atoms with E-state index in [9.17, 15) is 18.0 Å². The molecule has 0 bridgehead atoms. The summed E-state index contributed by atoms with van der Waals surface area (Å²) in [4.78, 5) is 24.8. The molecule has 2 aromatic rings. The van der Waals surface area contributed by atoms with Gasteiger partial charge in [0, 0.05) is 24.8 Å². The molecule has 1 aliphatic rings. The van der Waals surface area contributed by atoms with E-state index in [-0.39, 0.29) is 17.5 Å². The number of sulfonamides is 1. The molecule has 0 saturated carbocycles. The normalized spacial score (nSPS) is 17.0. The average Bonchev–Trinajstić information content (AvgIpc) is 3.19. The van der Waals surface area contributed by atoms with E-state index in [1.807, 2.05) is 32.9 Å². The first kappa shape index (κ1) is 22.0. The molecular weight excluding hydrogens is 402 g/mol. The van der Waals surface area contributed by atoms with E-state index < -0.39 is 21.8 Å². The van der Waals surface area contributed by atoms with Crippen LogP contribution in [0.25, 0.3) is 0 Å². The summed E-state index contributed by atoms with van der Waals surface area (Å²) in [6, 6.07) is 11.8. The maximum absolute atomic E-state index is 13.0. The molecule has 1 fully saturated rings. The van der Waals surface area contributed by atoms with Crippen LogP contribution in [0.2, 0.25) is 0 Å². The fourth-order valence-electron chi connectivity index (χ4n) is 3.53. The van der Waals surface area contributed by atoms with Crippen molar-refractivity contribution in [2.24, 2.45) is 0 Å². The van der Waals surface area contributed by atoms with Gasteiger partial charge in [-0.2, -0.15) is 4.31 Å². The Labute approximate surface area is 177 Å². The van der Waals surface area contributed by atoms with Crippen LogP contribution in [0.3, 0.4) is 0 Å². The summed E-state index contributed by atoms with van der Waals surface area (Å²) in [5, 5.41) is 5.20. The summed E-state index contributed by atoms with van der Waals surface area (Å²) < 4.78 is 27.4. The third-order valence-electron chi connectivity index (χ3n) is 5.51. The van der Waals surface area contributed by atoms with E-state index in [2.05, 4.69) is 10.6 Å². The highest BCUT2D eigenvalue weighted by atomic mass is 32.2. The summed E-state index contributed by atoms with van der Waals surface area (Å²) in [6.07, 6.45) is 1.34. The maximum atomic E-state index is 13.0. The van der Waals surface area contributed by atoms with E-state index in [1.165, 1.54) is 4.31 Å². The molecule has 1 aliphatic heterocycles. The van der Waals surface area contributed by atoms with Crippen molar-refractivity contribution in [1.82, 2.24) is 9.62 Å². The standard InChI is InChI=1S/C22H27N3O4S/c1-15-9-11-19(12-10-15)30(28,29)25-13-5-7-18(25)14-23-21(26)22(27)24-20-8-4-6-16(2)17(20)3/h4,6,8-12,18H,5,7,13-14H2,1-3H3,(H,23,26)(H,24,27). The van der Waals surface area contributed by atoms with Crippen LogP contribution in [0.1, 0.15) is 29.5 Å². The van der Waals surface area contributed by atoms with Gasteiger partial charge in [-0.1, -0.05) is 29.8 Å². The molecule has 1 saturated heterocycles. The van der Waals surface area contributed by atoms with Crippen LogP contribution in [0, 0.1) is 20.8 Å². The molecule has 1 unspecified atom stereocenters. The lowest BCUT2D eigenvalue weighted by atomic mass is 10.1. The number of nitrogens with one attached hydrogen (secondary N) is 2. The van der Waals surface area contributed by atoms with E-state index in [0.29, 0.717) is 25.1 Å². The Balaban J connectivity index is 1.63. The Morgan fingerprint density at radius 2 is 1.73 bits per heavy atom. The number of benzene rings is 2. The fraction of sp³-hybridized carbons (Fsp3) is 0.364. The number of hydrogen-bond acceptors (Lipinski definition) is 4. The third kappa shape index (κ3) is 4.71. The van der Waals surface area contributed by atoms with Gasteiger partial charge in [-0.05, 0) is 62.9 Å². The SMILES string of the molecule is Cc1ccc(S(=O)(=O)N2CCCC2CNC(=O)C(=O)Nc2cccc(C)c2C)cc1. The molecule has 0 spiro atoms. The van der Waals surface area contributed by atoms with E-state index >= 15 is 0 Å². The second kappa shape index (κ2) is 8.97. The number of aryl methyl sites for hydroxylation is 2. The van der Waals surface area contributed by atoms with Gasteiger partial charge >= 0.3 is 11.8 Å². The van der Waals surface area contributed by atoms with Crippen LogP contribution < -0.4 is 10.6 Å². The van der Waals surface area contributed by atoms with Crippen LogP contribution in [0.15, 0.2) is 47.4 Å². The monoisotopic (exact) mass is 429 g/mol. The minimum Gasteiger partial charge on any atom is -0.346 e. The zero-order valence-electron chi connectivity index (χ0n) is 17.4. The molecule has 2 amide bonds. The Bertz CT molecular complexity index is 1050. The van der Waals surface area contributed by atoms with Crippen LogP contribution in [-0.2, 0) is 19.6 Å². The Hall–Kier alpha value is -2.71. The quantitative estimate of drug-likeness (QED) is 0.714. The number of amides is 2. The van der Waals surface area contributed by atoms with Crippen molar-refractivity contribution in [2.75, 3.05) is 18.4 Å². The van der Waals surface area contributed by atoms with Crippen molar-refractivity contribution in [3.63, 3.8) is 0 Å². The van der Waals surface area contributed by atoms with Gasteiger partial charge in [-0.3, -0.25) is 9.59 Å². The number of nitrogens with zero attached hydrogens (tertiary/aromatic N) is 1. The maximum Gasteiger partial charge on any atom is 0.313 e. The van der Waals surface area contributed by atoms with Crippen LogP contribution in [-0.4, -0.2) is 43.7 Å². The lowest BCUT2D eigenvalue weighted by molar-refractivity contribution is -0.136. The fourth-order valence-corrected chi connectivity index (χ4v) is 5.22. The lowest BCUT2D eigenvalue weighted by Gasteiger charge is -2.24. The van der Waals surface area contributed by atoms with Crippen LogP contribution in [0.4, 0.5) is 5.69 Å². The third-order valence-corrected chi connectivity index (χ3v) is 7.47. The van der Waals surface area contributed by atoms with Crippen molar-refractivity contribution < 1.29 is 18.0 Å². The molecule has 30 heavy (non-hydrogen) atoms. The van der Waals surface area contributed by atoms with Gasteiger partial charge in [0.25, 0.3) is 0 Å². The van der Waals surface area contributed by atoms with E-state index in [1.54, 1.807) is 30.3 Å². The molecule has 7 nitrogen and oxygen atoms in total. The van der Waals surface area contributed by atoms with Crippen molar-refractivity contribution in [3.05, 3.63) is 59.2 Å². The highest BCUT2D eigenvalue weighted by molar-refractivity contribution is 7.89. The number of rotatable bonds is 5. The molecular formula is C22H27N3O4S. The first-order chi connectivity index (χ1) is 14.2. The van der Waals surface area contributed by atoms with Gasteiger partial charge in [-0.25, -0.2) is 8.42 Å². The van der Waals surface area contributed by atoms with E-state index in [0.717, 1.165) is 16.7 Å². The van der Waals surface area contributed by atoms with Crippen molar-refractivity contribution in [3.8, 4) is 0 Å². The Kier molecular flexibility index (Phi) is 6.58. The minimum absolute atomic E-state index is 0.0874. The van der Waals surface area contributed by atoms with Gasteiger partial charge in [-0.15, -0.1) is 0 Å². The molecule has 160 valence electrons. The van der Waals surface area contributed by atoms with Gasteiger partial charge < -0.3 is 10.6 Å². The summed E-state index contributed by atoms with van der Waals surface area (Å²) >= 11 is 0. The molecule has 2 aromatic carbocycles. The molecule has 2 N–H and O–H groups in total. The summed E-state index contributed by atoms with van der Waals surface area (Å²) in [5.74, 6) is -1.55. The van der Waals surface area contributed by atoms with Gasteiger partial charge in [0.15, 0.2) is 0 Å². The minimum atomic E-state index is -3.65. The average molecular weight is 430 g/mol. The van der Waals surface area contributed by atoms with Gasteiger partial charge in [0.2, 0.25) is 10.0 Å². The smallest absolute Gasteiger partial charge is 0.313 e. The summed E-state index contributed by atoms with van der Waals surface area (Å²) in [5.41, 5.74) is 3.47. The van der Waals surface area contributed by atoms with Crippen molar-refractivity contribution in [1.29, 1.82) is 0 Å². The number of carbonyl (C=O) groups is 2. The predicted molar refractivity (Wildman–Crippen MR) is 116 cm³/mol. The summed E-state index contributed by atoms with van der Waals surface area (Å²) in [6.45, 7) is 6.17. The lowest BCUT2D eigenvalue weighted by Crippen LogP contribution is -2.45.